The number of hydrogen-bond donors (Lipinski definition) is 0. The summed E-state index contributed by atoms with van der Waals surface area (Å²) in [5.74, 6) is 0. The maximum Gasteiger partial charge on any atom is 0.355 e. The van der Waals surface area contributed by atoms with Gasteiger partial charge in [0.15, 0.2) is 5.12 Å². The van der Waals surface area contributed by atoms with E-state index < -0.39 is 12.7 Å². The van der Waals surface area contributed by atoms with Gasteiger partial charge >= 0.3 is 7.60 Å². The molecule has 0 radical (unpaired) electrons. The molecule has 0 aliphatic heterocycles. The highest BCUT2D eigenvalue weighted by atomic mass is 35.5. The summed E-state index contributed by atoms with van der Waals surface area (Å²) in [5.41, 5.74) is 0. The normalized spacial score (nSPS) is 14.2. The fourth-order valence-corrected chi connectivity index (χ4v) is 2.18. The summed E-state index contributed by atoms with van der Waals surface area (Å²) in [6, 6.07) is 0. The molecule has 0 rings (SSSR count). The van der Waals surface area contributed by atoms with E-state index in [2.05, 4.69) is 0 Å². The summed E-state index contributed by atoms with van der Waals surface area (Å²) >= 11 is 5.45. The van der Waals surface area contributed by atoms with Crippen molar-refractivity contribution in [2.45, 2.75) is 19.0 Å². The lowest BCUT2D eigenvalue weighted by atomic mass is 10.9. The number of halogens is 1. The van der Waals surface area contributed by atoms with E-state index in [0.717, 1.165) is 0 Å². The number of carbonyl (C=O) groups excluding carboxylic acids is 1. The van der Waals surface area contributed by atoms with Gasteiger partial charge in [-0.25, -0.2) is 0 Å². The van der Waals surface area contributed by atoms with Gasteiger partial charge in [0, 0.05) is 0 Å². The van der Waals surface area contributed by atoms with Crippen molar-refractivity contribution in [3.63, 3.8) is 0 Å². The Kier molecular flexibility index (Phi) is 5.76. The molecule has 72 valence electrons. The smallest absolute Gasteiger partial charge is 0.308 e. The van der Waals surface area contributed by atoms with Crippen molar-refractivity contribution in [2.75, 3.05) is 13.2 Å². The SMILES string of the molecule is CCOP(=O)(OCC)C(Cl)C=O. The standard InChI is InChI=1S/C6H12ClO4P/c1-3-10-12(9,11-4-2)6(7)5-8/h5-6H,3-4H2,1-2H3. The summed E-state index contributed by atoms with van der Waals surface area (Å²) in [5, 5.41) is -1.21. The van der Waals surface area contributed by atoms with Crippen LogP contribution in [0.2, 0.25) is 0 Å². The molecule has 0 spiro atoms. The van der Waals surface area contributed by atoms with Crippen LogP contribution in [0.4, 0.5) is 0 Å². The third kappa shape index (κ3) is 3.23. The van der Waals surface area contributed by atoms with Crippen LogP contribution in [-0.2, 0) is 18.4 Å². The zero-order valence-corrected chi connectivity index (χ0v) is 8.68. The third-order valence-corrected chi connectivity index (χ3v) is 3.81. The second kappa shape index (κ2) is 5.70. The maximum atomic E-state index is 11.5. The van der Waals surface area contributed by atoms with Gasteiger partial charge < -0.3 is 13.8 Å². The molecule has 6 heteroatoms. The Bertz CT molecular complexity index is 174. The Hall–Kier alpha value is 0.110. The molecule has 0 aromatic heterocycles. The molecule has 0 bridgehead atoms. The summed E-state index contributed by atoms with van der Waals surface area (Å²) in [6.45, 7) is 3.71. The van der Waals surface area contributed by atoms with E-state index in [4.69, 9.17) is 20.6 Å². The van der Waals surface area contributed by atoms with Crippen molar-refractivity contribution in [1.29, 1.82) is 0 Å². The summed E-state index contributed by atoms with van der Waals surface area (Å²) < 4.78 is 21.1. The van der Waals surface area contributed by atoms with E-state index in [-0.39, 0.29) is 13.2 Å². The molecular formula is C6H12ClO4P. The Labute approximate surface area is 76.7 Å². The zero-order chi connectivity index (χ0) is 9.61. The molecule has 1 unspecified atom stereocenters. The van der Waals surface area contributed by atoms with Gasteiger partial charge in [0.1, 0.15) is 6.29 Å². The van der Waals surface area contributed by atoms with Gasteiger partial charge in [0.25, 0.3) is 0 Å². The zero-order valence-electron chi connectivity index (χ0n) is 7.03. The second-order valence-corrected chi connectivity index (χ2v) is 4.81. The average Bonchev–Trinajstić information content (AvgIpc) is 2.04. The molecule has 4 nitrogen and oxygen atoms in total. The van der Waals surface area contributed by atoms with Gasteiger partial charge in [-0.2, -0.15) is 0 Å². The molecule has 0 fully saturated rings. The molecule has 0 saturated heterocycles. The molecule has 12 heavy (non-hydrogen) atoms. The number of carbonyl (C=O) groups is 1. The predicted molar refractivity (Wildman–Crippen MR) is 46.6 cm³/mol. The van der Waals surface area contributed by atoms with Crippen molar-refractivity contribution in [1.82, 2.24) is 0 Å². The molecule has 1 atom stereocenters. The van der Waals surface area contributed by atoms with Gasteiger partial charge in [-0.05, 0) is 13.8 Å². The minimum absolute atomic E-state index is 0.203. The van der Waals surface area contributed by atoms with Crippen LogP contribution < -0.4 is 0 Å². The van der Waals surface area contributed by atoms with Crippen molar-refractivity contribution in [2.24, 2.45) is 0 Å². The first kappa shape index (κ1) is 12.1. The Morgan fingerprint density at radius 2 is 1.83 bits per heavy atom. The Morgan fingerprint density at radius 3 is 2.08 bits per heavy atom. The van der Waals surface area contributed by atoms with Crippen LogP contribution in [-0.4, -0.2) is 24.6 Å². The molecule has 0 aliphatic rings. The van der Waals surface area contributed by atoms with E-state index in [9.17, 15) is 9.36 Å². The lowest BCUT2D eigenvalue weighted by molar-refractivity contribution is -0.106. The van der Waals surface area contributed by atoms with Crippen LogP contribution in [0.15, 0.2) is 0 Å². The van der Waals surface area contributed by atoms with Gasteiger partial charge in [0.2, 0.25) is 0 Å². The minimum atomic E-state index is -3.41. The minimum Gasteiger partial charge on any atom is -0.308 e. The topological polar surface area (TPSA) is 52.6 Å². The largest absolute Gasteiger partial charge is 0.355 e. The van der Waals surface area contributed by atoms with E-state index >= 15 is 0 Å². The third-order valence-electron chi connectivity index (χ3n) is 1.03. The predicted octanol–water partition coefficient (Wildman–Crippen LogP) is 2.02. The Balaban J connectivity index is 4.37. The van der Waals surface area contributed by atoms with Gasteiger partial charge in [0.05, 0.1) is 13.2 Å². The van der Waals surface area contributed by atoms with E-state index in [1.807, 2.05) is 0 Å². The molecule has 0 aromatic rings. The van der Waals surface area contributed by atoms with Crippen LogP contribution in [0, 0.1) is 0 Å². The molecule has 0 heterocycles. The maximum absolute atomic E-state index is 11.5. The number of alkyl halides is 1. The first-order chi connectivity index (χ1) is 5.60. The highest BCUT2D eigenvalue weighted by molar-refractivity contribution is 7.57. The second-order valence-electron chi connectivity index (χ2n) is 1.88. The number of aldehydes is 1. The lowest BCUT2D eigenvalue weighted by Gasteiger charge is -2.17. The van der Waals surface area contributed by atoms with Crippen LogP contribution in [0.3, 0.4) is 0 Å². The van der Waals surface area contributed by atoms with Crippen LogP contribution in [0.25, 0.3) is 0 Å². The van der Waals surface area contributed by atoms with Crippen LogP contribution in [0.5, 0.6) is 0 Å². The highest BCUT2D eigenvalue weighted by Gasteiger charge is 2.33. The fraction of sp³-hybridized carbons (Fsp3) is 0.833. The molecular weight excluding hydrogens is 202 g/mol. The molecule has 0 aromatic carbocycles. The van der Waals surface area contributed by atoms with Crippen molar-refractivity contribution in [3.8, 4) is 0 Å². The lowest BCUT2D eigenvalue weighted by Crippen LogP contribution is -2.08. The quantitative estimate of drug-likeness (QED) is 0.386. The summed E-state index contributed by atoms with van der Waals surface area (Å²) in [4.78, 5) is 10.2. The number of rotatable bonds is 6. The fourth-order valence-electron chi connectivity index (χ4n) is 0.614. The average molecular weight is 215 g/mol. The first-order valence-electron chi connectivity index (χ1n) is 3.58. The van der Waals surface area contributed by atoms with Crippen LogP contribution >= 0.6 is 19.2 Å². The van der Waals surface area contributed by atoms with Gasteiger partial charge in [-0.3, -0.25) is 4.57 Å². The molecule has 0 aliphatic carbocycles. The van der Waals surface area contributed by atoms with Gasteiger partial charge in [-0.15, -0.1) is 11.6 Å². The van der Waals surface area contributed by atoms with E-state index in [1.54, 1.807) is 13.8 Å². The van der Waals surface area contributed by atoms with E-state index in [1.165, 1.54) is 0 Å². The summed E-state index contributed by atoms with van der Waals surface area (Å²) in [6.07, 6.45) is 0.355. The van der Waals surface area contributed by atoms with Crippen LogP contribution in [0.1, 0.15) is 13.8 Å². The van der Waals surface area contributed by atoms with Crippen molar-refractivity contribution >= 4 is 25.5 Å². The van der Waals surface area contributed by atoms with Crippen molar-refractivity contribution < 1.29 is 18.4 Å². The first-order valence-corrected chi connectivity index (χ1v) is 5.63. The van der Waals surface area contributed by atoms with Crippen molar-refractivity contribution in [3.05, 3.63) is 0 Å². The van der Waals surface area contributed by atoms with E-state index in [0.29, 0.717) is 6.29 Å². The number of hydrogen-bond acceptors (Lipinski definition) is 4. The molecule has 0 N–H and O–H groups in total. The Morgan fingerprint density at radius 1 is 1.42 bits per heavy atom. The summed E-state index contributed by atoms with van der Waals surface area (Å²) in [7, 11) is -3.41. The van der Waals surface area contributed by atoms with Gasteiger partial charge in [-0.1, -0.05) is 0 Å². The molecule has 0 amide bonds. The highest BCUT2D eigenvalue weighted by Crippen LogP contribution is 2.53. The monoisotopic (exact) mass is 214 g/mol. The molecule has 0 saturated carbocycles.